The van der Waals surface area contributed by atoms with Crippen molar-refractivity contribution in [2.24, 2.45) is 5.92 Å². The minimum absolute atomic E-state index is 0.112. The molecule has 0 amide bonds. The minimum Gasteiger partial charge on any atom is -0.312 e. The van der Waals surface area contributed by atoms with E-state index in [0.29, 0.717) is 5.82 Å². The minimum atomic E-state index is -0.236. The van der Waals surface area contributed by atoms with Gasteiger partial charge in [-0.2, -0.15) is 0 Å². The summed E-state index contributed by atoms with van der Waals surface area (Å²) in [5.41, 5.74) is 44.1. The second-order valence-electron chi connectivity index (χ2n) is 37.5. The Kier molecular flexibility index (Phi) is 14.6. The summed E-state index contributed by atoms with van der Waals surface area (Å²) in [6.45, 7) is 19.3. The van der Waals surface area contributed by atoms with E-state index in [-0.39, 0.29) is 27.6 Å². The van der Waals surface area contributed by atoms with Gasteiger partial charge in [-0.25, -0.2) is 9.97 Å². The van der Waals surface area contributed by atoms with E-state index in [1.54, 1.807) is 0 Å². The number of nitrogens with zero attached hydrogens (tertiary/aromatic N) is 8. The van der Waals surface area contributed by atoms with E-state index in [1.165, 1.54) is 149 Å². The molecule has 6 aliphatic carbocycles. The van der Waals surface area contributed by atoms with Gasteiger partial charge in [-0.15, -0.1) is 0 Å². The Morgan fingerprint density at radius 3 is 1.29 bits per heavy atom. The quantitative estimate of drug-likeness (QED) is 0.144. The van der Waals surface area contributed by atoms with Gasteiger partial charge in [0.2, 0.25) is 0 Å². The van der Waals surface area contributed by atoms with Crippen molar-refractivity contribution >= 4 is 83.1 Å². The first-order valence-electron chi connectivity index (χ1n) is 44.0. The highest BCUT2D eigenvalue weighted by Gasteiger charge is 2.47. The Morgan fingerprint density at radius 2 is 0.758 bits per heavy atom. The molecule has 0 fully saturated rings. The van der Waals surface area contributed by atoms with Crippen LogP contribution in [0.15, 0.2) is 322 Å². The molecular weight excluding hydrogens is 1510 g/mol. The van der Waals surface area contributed by atoms with Crippen LogP contribution in [0.5, 0.6) is 0 Å². The fourth-order valence-corrected chi connectivity index (χ4v) is 23.7. The maximum atomic E-state index is 5.80. The van der Waals surface area contributed by atoms with Crippen molar-refractivity contribution in [3.05, 3.63) is 389 Å². The lowest BCUT2D eigenvalue weighted by atomic mass is 9.73. The average molecular weight is 1590 g/mol. The molecule has 13 aromatic carbocycles. The number of rotatable bonds is 9. The van der Waals surface area contributed by atoms with Crippen molar-refractivity contribution in [1.29, 1.82) is 0 Å². The first-order chi connectivity index (χ1) is 60.5. The van der Waals surface area contributed by atoms with Gasteiger partial charge in [0, 0.05) is 117 Å². The highest BCUT2D eigenvalue weighted by atomic mass is 15.0. The topological polar surface area (TPSA) is 71.3 Å². The Balaban J connectivity index is 0.723. The monoisotopic (exact) mass is 1590 g/mol. The molecular formula is C116H86N8. The number of fused-ring (bicyclic) bond motifs is 24. The van der Waals surface area contributed by atoms with E-state index in [9.17, 15) is 0 Å². The van der Waals surface area contributed by atoms with Crippen molar-refractivity contribution in [3.63, 3.8) is 0 Å². The predicted molar refractivity (Wildman–Crippen MR) is 512 cm³/mol. The number of aryl methyl sites for hydroxylation is 1. The second-order valence-corrected chi connectivity index (χ2v) is 37.5. The maximum absolute atomic E-state index is 5.80. The molecule has 590 valence electrons. The number of hydrogen-bond donors (Lipinski definition) is 0. The average Bonchev–Trinajstić information content (AvgIpc) is 1.55. The summed E-state index contributed by atoms with van der Waals surface area (Å²) in [6, 6.07) is 110. The van der Waals surface area contributed by atoms with Crippen molar-refractivity contribution in [2.45, 2.75) is 96.3 Å². The summed E-state index contributed by atoms with van der Waals surface area (Å²) in [5, 5.41) is 7.33. The molecule has 26 rings (SSSR count). The number of para-hydroxylation sites is 3. The van der Waals surface area contributed by atoms with Crippen LogP contribution < -0.4 is 0 Å². The van der Waals surface area contributed by atoms with Crippen LogP contribution in [0.3, 0.4) is 0 Å². The van der Waals surface area contributed by atoms with E-state index >= 15 is 0 Å². The summed E-state index contributed by atoms with van der Waals surface area (Å²) in [4.78, 5) is 21.9. The van der Waals surface area contributed by atoms with Crippen molar-refractivity contribution in [1.82, 2.24) is 38.2 Å². The van der Waals surface area contributed by atoms with Gasteiger partial charge in [0.15, 0.2) is 5.82 Å². The van der Waals surface area contributed by atoms with E-state index in [2.05, 4.69) is 395 Å². The lowest BCUT2D eigenvalue weighted by molar-refractivity contribution is 0.405. The Labute approximate surface area is 720 Å². The molecule has 8 nitrogen and oxygen atoms in total. The number of pyridine rings is 2. The van der Waals surface area contributed by atoms with Crippen LogP contribution in [0.2, 0.25) is 0 Å². The first-order valence-corrected chi connectivity index (χ1v) is 44.0. The summed E-state index contributed by atoms with van der Waals surface area (Å²) in [5.74, 6) is 0.882. The van der Waals surface area contributed by atoms with Gasteiger partial charge in [-0.05, 0) is 229 Å². The van der Waals surface area contributed by atoms with Crippen molar-refractivity contribution in [2.75, 3.05) is 0 Å². The van der Waals surface area contributed by atoms with Crippen LogP contribution in [-0.2, 0) is 34.5 Å². The van der Waals surface area contributed by atoms with Gasteiger partial charge in [-0.3, -0.25) is 9.97 Å². The molecule has 20 aromatic rings. The van der Waals surface area contributed by atoms with Gasteiger partial charge in [0.1, 0.15) is 0 Å². The maximum Gasteiger partial charge on any atom is 0.160 e. The molecule has 6 aliphatic rings. The van der Waals surface area contributed by atoms with Gasteiger partial charge < -0.3 is 18.3 Å². The van der Waals surface area contributed by atoms with E-state index < -0.39 is 0 Å². The fourth-order valence-electron chi connectivity index (χ4n) is 23.7. The first kappa shape index (κ1) is 71.2. The van der Waals surface area contributed by atoms with E-state index in [4.69, 9.17) is 19.9 Å². The van der Waals surface area contributed by atoms with Gasteiger partial charge >= 0.3 is 0 Å². The highest BCUT2D eigenvalue weighted by molar-refractivity contribution is 6.15. The molecule has 0 saturated carbocycles. The third kappa shape index (κ3) is 9.74. The zero-order valence-corrected chi connectivity index (χ0v) is 70.5. The predicted octanol–water partition coefficient (Wildman–Crippen LogP) is 28.6. The summed E-state index contributed by atoms with van der Waals surface area (Å²) >= 11 is 0. The summed E-state index contributed by atoms with van der Waals surface area (Å²) < 4.78 is 10.2. The largest absolute Gasteiger partial charge is 0.312 e. The molecule has 8 heteroatoms. The number of hydrogen-bond acceptors (Lipinski definition) is 4. The molecule has 0 bridgehead atoms. The molecule has 7 heterocycles. The molecule has 0 spiro atoms. The molecule has 0 saturated heterocycles. The van der Waals surface area contributed by atoms with Crippen LogP contribution in [-0.4, -0.2) is 38.2 Å². The van der Waals surface area contributed by atoms with E-state index in [1.807, 2.05) is 12.4 Å². The van der Waals surface area contributed by atoms with Crippen molar-refractivity contribution in [3.8, 4) is 112 Å². The van der Waals surface area contributed by atoms with Crippen LogP contribution >= 0.6 is 0 Å². The van der Waals surface area contributed by atoms with Crippen molar-refractivity contribution < 1.29 is 0 Å². The Hall–Kier alpha value is -14.6. The zero-order valence-electron chi connectivity index (χ0n) is 70.5. The standard InChI is InChI=1S/C116H86N8/c1-113(2)90-38-20-12-30-70(90)80-56-86-74-34-16-24-42-100(74)121(106(86)60-94(80)113)104-48-46-68(54-84(104)78-50-52-117-65-110(78)123-102-44-26-18-36-76(102)88-58-82-72-32-14-22-40-92(72)115(5,6)96(82)62-108(88)123)98-64-99(120-112(119-98)67-28-10-9-11-29-67)69-47-49-105(122-101-43-25-17-35-75(101)87-57-81-71-31-13-21-39-91(71)114(3,4)95(81)61-107(87)122)85(55-69)79-51-53-118-66-111(79)124-103-45-27-19-37-77(103)89-59-83-73-33-15-23-41-93(73)116(7,8)97(83)63-109(89)124/h9-16,18-34,36-59,61-66,94H,17,35,60H2,1-8H3. The highest BCUT2D eigenvalue weighted by Crippen LogP contribution is 2.59. The van der Waals surface area contributed by atoms with Crippen LogP contribution in [0.25, 0.3) is 195 Å². The van der Waals surface area contributed by atoms with Gasteiger partial charge in [0.05, 0.1) is 79.6 Å². The van der Waals surface area contributed by atoms with Gasteiger partial charge in [-0.1, -0.05) is 256 Å². The third-order valence-corrected chi connectivity index (χ3v) is 29.8. The third-order valence-electron chi connectivity index (χ3n) is 29.8. The molecule has 1 atom stereocenters. The molecule has 0 aliphatic heterocycles. The lowest BCUT2D eigenvalue weighted by Crippen LogP contribution is -2.27. The molecule has 0 radical (unpaired) electrons. The Morgan fingerprint density at radius 1 is 0.315 bits per heavy atom. The summed E-state index contributed by atoms with van der Waals surface area (Å²) in [6.07, 6.45) is 18.3. The fraction of sp³-hybridized carbons (Fsp3) is 0.138. The lowest BCUT2D eigenvalue weighted by Gasteiger charge is -2.32. The SMILES string of the molecule is CC1(C)c2ccccc2-c2cc3c4c(n(-c5ccc(-c6cc(-c7ccc(-n8c9c(c%10ccccc%108)C=C8c%10ccccc%10C(C)(C)C8C9)c(-c8ccncc8-n8c9ccccc9c9cc%10c(cc98)C(C)(C)c8ccccc8-%10)c7)nc(-c7ccccc7)n6)cc5-c5ccncc5-n5c6ccccc6c6cc7c(cc65)C(C)(C)c5ccccc5-7)c3cc21)C=CCC4. The molecule has 124 heavy (non-hydrogen) atoms. The second kappa shape index (κ2) is 25.5. The van der Waals surface area contributed by atoms with E-state index in [0.717, 1.165) is 114 Å². The molecule has 1 unspecified atom stereocenters. The van der Waals surface area contributed by atoms with Crippen LogP contribution in [0, 0.1) is 5.92 Å². The van der Waals surface area contributed by atoms with Gasteiger partial charge in [0.25, 0.3) is 0 Å². The number of allylic oxidation sites excluding steroid dienone is 2. The summed E-state index contributed by atoms with van der Waals surface area (Å²) in [7, 11) is 0. The zero-order chi connectivity index (χ0) is 82.7. The van der Waals surface area contributed by atoms with Crippen LogP contribution in [0.1, 0.15) is 129 Å². The normalized spacial score (nSPS) is 16.0. The number of aromatic nitrogens is 8. The Bertz CT molecular complexity index is 8220. The number of benzene rings is 13. The molecule has 0 N–H and O–H groups in total. The smallest absolute Gasteiger partial charge is 0.160 e. The van der Waals surface area contributed by atoms with Crippen LogP contribution in [0.4, 0.5) is 0 Å². The molecule has 7 aromatic heterocycles.